The quantitative estimate of drug-likeness (QED) is 0.308. The van der Waals surface area contributed by atoms with Crippen molar-refractivity contribution in [3.8, 4) is 11.1 Å². The molecule has 1 atom stereocenters. The van der Waals surface area contributed by atoms with Gasteiger partial charge in [-0.15, -0.1) is 0 Å². The maximum atomic E-state index is 12.1. The van der Waals surface area contributed by atoms with Crippen LogP contribution in [-0.2, 0) is 24.5 Å². The monoisotopic (exact) mass is 402 g/mol. The molecule has 0 heterocycles. The summed E-state index contributed by atoms with van der Waals surface area (Å²) < 4.78 is 10.1. The molecule has 30 heavy (non-hydrogen) atoms. The average Bonchev–Trinajstić information content (AvgIpc) is 3.00. The van der Waals surface area contributed by atoms with Crippen molar-refractivity contribution in [3.63, 3.8) is 0 Å². The van der Waals surface area contributed by atoms with Gasteiger partial charge < -0.3 is 9.47 Å². The van der Waals surface area contributed by atoms with Crippen molar-refractivity contribution in [1.82, 2.24) is 0 Å². The van der Waals surface area contributed by atoms with Crippen molar-refractivity contribution in [3.05, 3.63) is 70.8 Å². The van der Waals surface area contributed by atoms with Crippen molar-refractivity contribution in [2.75, 3.05) is 13.7 Å². The molecule has 4 rings (SSSR count). The number of hydrogen-bond acceptors (Lipinski definition) is 4. The normalized spacial score (nSPS) is 16.8. The lowest BCUT2D eigenvalue weighted by atomic mass is 9.71. The van der Waals surface area contributed by atoms with Gasteiger partial charge in [0.2, 0.25) is 0 Å². The summed E-state index contributed by atoms with van der Waals surface area (Å²) in [7, 11) is 1.42. The molecule has 4 heteroatoms. The molecule has 3 aromatic rings. The summed E-state index contributed by atoms with van der Waals surface area (Å²) in [6, 6.07) is 17.3. The van der Waals surface area contributed by atoms with E-state index >= 15 is 0 Å². The van der Waals surface area contributed by atoms with Gasteiger partial charge in [-0.25, -0.2) is 0 Å². The van der Waals surface area contributed by atoms with E-state index in [1.54, 1.807) is 0 Å². The van der Waals surface area contributed by atoms with Crippen molar-refractivity contribution in [2.24, 2.45) is 0 Å². The summed E-state index contributed by atoms with van der Waals surface area (Å²) in [4.78, 5) is 23.0. The van der Waals surface area contributed by atoms with Crippen LogP contribution in [-0.4, -0.2) is 26.2 Å². The fourth-order valence-corrected chi connectivity index (χ4v) is 4.80. The summed E-state index contributed by atoms with van der Waals surface area (Å²) in [6.07, 6.45) is 1.52. The molecule has 0 radical (unpaired) electrons. The minimum Gasteiger partial charge on any atom is -0.469 e. The average molecular weight is 402 g/mol. The van der Waals surface area contributed by atoms with Gasteiger partial charge in [-0.2, -0.15) is 0 Å². The molecule has 1 unspecified atom stereocenters. The highest BCUT2D eigenvalue weighted by Crippen LogP contribution is 2.54. The Hall–Kier alpha value is -3.14. The Morgan fingerprint density at radius 1 is 0.933 bits per heavy atom. The van der Waals surface area contributed by atoms with Crippen LogP contribution in [0.3, 0.4) is 0 Å². The lowest BCUT2D eigenvalue weighted by Crippen LogP contribution is -2.28. The largest absolute Gasteiger partial charge is 0.469 e. The maximum Gasteiger partial charge on any atom is 0.305 e. The first kappa shape index (κ1) is 20.1. The first-order valence-corrected chi connectivity index (χ1v) is 10.3. The topological polar surface area (TPSA) is 52.6 Å². The predicted octanol–water partition coefficient (Wildman–Crippen LogP) is 5.24. The zero-order valence-corrected chi connectivity index (χ0v) is 17.7. The van der Waals surface area contributed by atoms with Gasteiger partial charge in [0, 0.05) is 11.8 Å². The van der Waals surface area contributed by atoms with Crippen LogP contribution >= 0.6 is 0 Å². The minimum atomic E-state index is -0.412. The molecular formula is C26H26O4. The molecule has 0 saturated carbocycles. The molecule has 4 nitrogen and oxygen atoms in total. The second-order valence-corrected chi connectivity index (χ2v) is 8.10. The molecule has 1 aliphatic carbocycles. The number of benzene rings is 3. The van der Waals surface area contributed by atoms with Gasteiger partial charge >= 0.3 is 5.97 Å². The second-order valence-electron chi connectivity index (χ2n) is 8.10. The first-order valence-electron chi connectivity index (χ1n) is 10.3. The van der Waals surface area contributed by atoms with E-state index in [-0.39, 0.29) is 5.97 Å². The number of ether oxygens (including phenoxy) is 2. The standard InChI is InChI=1S/C26H26O4/c1-17-12-21-22-14-19-6-4-5-7-20(19)15-24(22)26(10-11-30-16-27,9-8-25(28)29-3)23(21)13-18(17)2/h4-7,12-16H,8-11H2,1-3H3. The smallest absolute Gasteiger partial charge is 0.305 e. The van der Waals surface area contributed by atoms with Crippen LogP contribution in [0, 0.1) is 13.8 Å². The molecular weight excluding hydrogens is 376 g/mol. The Balaban J connectivity index is 1.97. The minimum absolute atomic E-state index is 0.231. The third-order valence-electron chi connectivity index (χ3n) is 6.54. The van der Waals surface area contributed by atoms with Crippen molar-refractivity contribution in [2.45, 2.75) is 38.5 Å². The highest BCUT2D eigenvalue weighted by atomic mass is 16.5. The fourth-order valence-electron chi connectivity index (χ4n) is 4.80. The van der Waals surface area contributed by atoms with Crippen LogP contribution in [0.4, 0.5) is 0 Å². The van der Waals surface area contributed by atoms with Gasteiger partial charge in [-0.05, 0) is 83.0 Å². The summed E-state index contributed by atoms with van der Waals surface area (Å²) in [5.41, 5.74) is 6.83. The van der Waals surface area contributed by atoms with E-state index in [9.17, 15) is 9.59 Å². The summed E-state index contributed by atoms with van der Waals surface area (Å²) in [5, 5.41) is 2.35. The number of carbonyl (C=O) groups is 2. The van der Waals surface area contributed by atoms with E-state index in [0.717, 1.165) is 5.39 Å². The molecule has 3 aromatic carbocycles. The number of esters is 1. The molecule has 0 spiro atoms. The lowest BCUT2D eigenvalue weighted by Gasteiger charge is -2.32. The van der Waals surface area contributed by atoms with Crippen molar-refractivity contribution in [1.29, 1.82) is 0 Å². The highest BCUT2D eigenvalue weighted by Gasteiger charge is 2.43. The van der Waals surface area contributed by atoms with E-state index in [1.807, 2.05) is 12.1 Å². The highest BCUT2D eigenvalue weighted by molar-refractivity contribution is 5.94. The second kappa shape index (κ2) is 7.94. The fraction of sp³-hybridized carbons (Fsp3) is 0.308. The molecule has 0 fully saturated rings. The number of fused-ring (bicyclic) bond motifs is 4. The van der Waals surface area contributed by atoms with Crippen LogP contribution < -0.4 is 0 Å². The van der Waals surface area contributed by atoms with E-state index in [4.69, 9.17) is 9.47 Å². The van der Waals surface area contributed by atoms with Gasteiger partial charge in [0.05, 0.1) is 13.7 Å². The van der Waals surface area contributed by atoms with Crippen LogP contribution in [0.1, 0.15) is 41.5 Å². The van der Waals surface area contributed by atoms with E-state index in [1.165, 1.54) is 45.9 Å². The van der Waals surface area contributed by atoms with Gasteiger partial charge in [0.1, 0.15) is 0 Å². The van der Waals surface area contributed by atoms with Gasteiger partial charge in [0.15, 0.2) is 0 Å². The molecule has 0 aliphatic heterocycles. The van der Waals surface area contributed by atoms with Gasteiger partial charge in [-0.3, -0.25) is 9.59 Å². The zero-order chi connectivity index (χ0) is 21.3. The zero-order valence-electron chi connectivity index (χ0n) is 17.7. The van der Waals surface area contributed by atoms with E-state index < -0.39 is 5.41 Å². The predicted molar refractivity (Wildman–Crippen MR) is 118 cm³/mol. The number of rotatable bonds is 7. The molecule has 1 aliphatic rings. The lowest BCUT2D eigenvalue weighted by molar-refractivity contribution is -0.141. The molecule has 0 amide bonds. The summed E-state index contributed by atoms with van der Waals surface area (Å²) >= 11 is 0. The number of aryl methyl sites for hydroxylation is 2. The summed E-state index contributed by atoms with van der Waals surface area (Å²) in [6.45, 7) is 5.03. The molecule has 154 valence electrons. The number of carbonyl (C=O) groups excluding carboxylic acids is 2. The van der Waals surface area contributed by atoms with Crippen LogP contribution in [0.15, 0.2) is 48.5 Å². The Bertz CT molecular complexity index is 1130. The third-order valence-corrected chi connectivity index (χ3v) is 6.54. The van der Waals surface area contributed by atoms with Crippen LogP contribution in [0.5, 0.6) is 0 Å². The molecule has 0 aromatic heterocycles. The number of methoxy groups -OCH3 is 1. The van der Waals surface area contributed by atoms with E-state index in [0.29, 0.717) is 32.3 Å². The SMILES string of the molecule is COC(=O)CCC1(CCOC=O)c2cc(C)c(C)cc2-c2cc3ccccc3cc21. The summed E-state index contributed by atoms with van der Waals surface area (Å²) in [5.74, 6) is -0.231. The van der Waals surface area contributed by atoms with Crippen molar-refractivity contribution < 1.29 is 19.1 Å². The van der Waals surface area contributed by atoms with Gasteiger partial charge in [-0.1, -0.05) is 36.4 Å². The Morgan fingerprint density at radius 2 is 1.57 bits per heavy atom. The van der Waals surface area contributed by atoms with Crippen LogP contribution in [0.2, 0.25) is 0 Å². The third kappa shape index (κ3) is 3.26. The molecule has 0 saturated heterocycles. The van der Waals surface area contributed by atoms with E-state index in [2.05, 4.69) is 50.2 Å². The Labute approximate surface area is 176 Å². The number of hydrogen-bond donors (Lipinski definition) is 0. The first-order chi connectivity index (χ1) is 14.5. The van der Waals surface area contributed by atoms with Gasteiger partial charge in [0.25, 0.3) is 6.47 Å². The van der Waals surface area contributed by atoms with Crippen molar-refractivity contribution >= 4 is 23.2 Å². The Morgan fingerprint density at radius 3 is 2.27 bits per heavy atom. The maximum absolute atomic E-state index is 12.1. The Kier molecular flexibility index (Phi) is 5.33. The molecule has 0 bridgehead atoms. The molecule has 0 N–H and O–H groups in total. The van der Waals surface area contributed by atoms with Crippen LogP contribution in [0.25, 0.3) is 21.9 Å².